The lowest BCUT2D eigenvalue weighted by Crippen LogP contribution is -2.32. The minimum Gasteiger partial charge on any atom is -0.396 e. The smallest absolute Gasteiger partial charge is 0.251 e. The highest BCUT2D eigenvalue weighted by molar-refractivity contribution is 5.94. The van der Waals surface area contributed by atoms with Gasteiger partial charge in [-0.3, -0.25) is 4.79 Å². The van der Waals surface area contributed by atoms with Gasteiger partial charge in [-0.1, -0.05) is 0 Å². The lowest BCUT2D eigenvalue weighted by Gasteiger charge is -2.14. The number of amides is 1. The number of aliphatic hydroxyl groups is 1. The molecule has 1 atom stereocenters. The molecule has 0 aliphatic rings. The number of hydrogen-bond donors (Lipinski definition) is 2. The standard InChI is InChI=1S/C18H24N2O2/c1-13(5-4-12-21)19-18(22)16-8-10-17(11-9-16)20-14(2)6-7-15(20)3/h6-11,13,21H,4-5,12H2,1-3H3,(H,19,22). The molecular weight excluding hydrogens is 276 g/mol. The fraction of sp³-hybridized carbons (Fsp3) is 0.389. The van der Waals surface area contributed by atoms with Gasteiger partial charge in [0.25, 0.3) is 5.91 Å². The summed E-state index contributed by atoms with van der Waals surface area (Å²) in [6, 6.07) is 11.9. The van der Waals surface area contributed by atoms with Crippen molar-refractivity contribution in [1.29, 1.82) is 0 Å². The van der Waals surface area contributed by atoms with Gasteiger partial charge in [-0.2, -0.15) is 0 Å². The molecule has 2 rings (SSSR count). The van der Waals surface area contributed by atoms with Crippen LogP contribution in [0.1, 0.15) is 41.5 Å². The summed E-state index contributed by atoms with van der Waals surface area (Å²) in [4.78, 5) is 12.2. The SMILES string of the molecule is Cc1ccc(C)n1-c1ccc(C(=O)NC(C)CCCO)cc1. The molecule has 0 aliphatic carbocycles. The maximum absolute atomic E-state index is 12.2. The highest BCUT2D eigenvalue weighted by Gasteiger charge is 2.10. The predicted molar refractivity (Wildman–Crippen MR) is 88.5 cm³/mol. The van der Waals surface area contributed by atoms with E-state index in [0.717, 1.165) is 12.1 Å². The number of aliphatic hydroxyl groups excluding tert-OH is 1. The van der Waals surface area contributed by atoms with E-state index in [1.807, 2.05) is 31.2 Å². The van der Waals surface area contributed by atoms with E-state index in [9.17, 15) is 4.79 Å². The molecule has 1 aromatic carbocycles. The predicted octanol–water partition coefficient (Wildman–Crippen LogP) is 2.98. The van der Waals surface area contributed by atoms with Crippen LogP contribution in [-0.4, -0.2) is 28.2 Å². The Morgan fingerprint density at radius 1 is 1.14 bits per heavy atom. The van der Waals surface area contributed by atoms with E-state index >= 15 is 0 Å². The number of aryl methyl sites for hydroxylation is 2. The Morgan fingerprint density at radius 2 is 1.73 bits per heavy atom. The monoisotopic (exact) mass is 300 g/mol. The molecule has 1 heterocycles. The van der Waals surface area contributed by atoms with E-state index in [-0.39, 0.29) is 18.6 Å². The van der Waals surface area contributed by atoms with Crippen LogP contribution < -0.4 is 5.32 Å². The second-order valence-corrected chi connectivity index (χ2v) is 5.74. The highest BCUT2D eigenvalue weighted by Crippen LogP contribution is 2.17. The number of benzene rings is 1. The Kier molecular flexibility index (Phi) is 5.39. The zero-order valence-corrected chi connectivity index (χ0v) is 13.5. The topological polar surface area (TPSA) is 54.3 Å². The van der Waals surface area contributed by atoms with Gasteiger partial charge in [-0.15, -0.1) is 0 Å². The summed E-state index contributed by atoms with van der Waals surface area (Å²) < 4.78 is 2.16. The Bertz CT molecular complexity index is 610. The van der Waals surface area contributed by atoms with Crippen molar-refractivity contribution >= 4 is 5.91 Å². The van der Waals surface area contributed by atoms with Gasteiger partial charge in [0.05, 0.1) is 0 Å². The average Bonchev–Trinajstić information content (AvgIpc) is 2.84. The van der Waals surface area contributed by atoms with E-state index in [4.69, 9.17) is 5.11 Å². The molecule has 4 nitrogen and oxygen atoms in total. The van der Waals surface area contributed by atoms with Crippen LogP contribution in [0.15, 0.2) is 36.4 Å². The number of nitrogens with zero attached hydrogens (tertiary/aromatic N) is 1. The van der Waals surface area contributed by atoms with Gasteiger partial charge in [0.2, 0.25) is 0 Å². The fourth-order valence-corrected chi connectivity index (χ4v) is 2.61. The van der Waals surface area contributed by atoms with Crippen molar-refractivity contribution in [2.45, 2.75) is 39.7 Å². The number of hydrogen-bond acceptors (Lipinski definition) is 2. The number of carbonyl (C=O) groups excluding carboxylic acids is 1. The fourth-order valence-electron chi connectivity index (χ4n) is 2.61. The summed E-state index contributed by atoms with van der Waals surface area (Å²) in [6.45, 7) is 6.24. The first-order chi connectivity index (χ1) is 10.5. The van der Waals surface area contributed by atoms with Crippen LogP contribution in [0.2, 0.25) is 0 Å². The van der Waals surface area contributed by atoms with E-state index in [0.29, 0.717) is 12.0 Å². The third-order valence-electron chi connectivity index (χ3n) is 3.83. The van der Waals surface area contributed by atoms with Crippen molar-refractivity contribution in [3.63, 3.8) is 0 Å². The van der Waals surface area contributed by atoms with E-state index in [1.54, 1.807) is 0 Å². The van der Waals surface area contributed by atoms with Gasteiger partial charge in [0.1, 0.15) is 0 Å². The number of nitrogens with one attached hydrogen (secondary N) is 1. The molecular formula is C18H24N2O2. The molecule has 0 radical (unpaired) electrons. The second-order valence-electron chi connectivity index (χ2n) is 5.74. The molecule has 22 heavy (non-hydrogen) atoms. The van der Waals surface area contributed by atoms with E-state index in [2.05, 4.69) is 35.9 Å². The highest BCUT2D eigenvalue weighted by atomic mass is 16.3. The van der Waals surface area contributed by atoms with E-state index in [1.165, 1.54) is 11.4 Å². The molecule has 0 saturated heterocycles. The maximum atomic E-state index is 12.2. The minimum atomic E-state index is -0.0714. The van der Waals surface area contributed by atoms with Crippen molar-refractivity contribution in [1.82, 2.24) is 9.88 Å². The summed E-state index contributed by atoms with van der Waals surface area (Å²) in [5.74, 6) is -0.0714. The summed E-state index contributed by atoms with van der Waals surface area (Å²) >= 11 is 0. The molecule has 0 spiro atoms. The zero-order chi connectivity index (χ0) is 16.1. The Hall–Kier alpha value is -2.07. The average molecular weight is 300 g/mol. The van der Waals surface area contributed by atoms with Crippen LogP contribution in [-0.2, 0) is 0 Å². The molecule has 1 unspecified atom stereocenters. The van der Waals surface area contributed by atoms with Crippen LogP contribution >= 0.6 is 0 Å². The third-order valence-corrected chi connectivity index (χ3v) is 3.83. The summed E-state index contributed by atoms with van der Waals surface area (Å²) in [5, 5.41) is 11.8. The number of aromatic nitrogens is 1. The first-order valence-corrected chi connectivity index (χ1v) is 7.70. The summed E-state index contributed by atoms with van der Waals surface area (Å²) in [6.07, 6.45) is 1.48. The molecule has 1 aromatic heterocycles. The summed E-state index contributed by atoms with van der Waals surface area (Å²) in [5.41, 5.74) is 4.06. The Morgan fingerprint density at radius 3 is 2.27 bits per heavy atom. The maximum Gasteiger partial charge on any atom is 0.251 e. The van der Waals surface area contributed by atoms with Gasteiger partial charge in [-0.25, -0.2) is 0 Å². The van der Waals surface area contributed by atoms with Crippen molar-refractivity contribution in [3.8, 4) is 5.69 Å². The molecule has 1 amide bonds. The van der Waals surface area contributed by atoms with Crippen molar-refractivity contribution in [3.05, 3.63) is 53.3 Å². The van der Waals surface area contributed by atoms with Crippen LogP contribution in [0, 0.1) is 13.8 Å². The lowest BCUT2D eigenvalue weighted by atomic mass is 10.1. The van der Waals surface area contributed by atoms with Gasteiger partial charge >= 0.3 is 0 Å². The Labute approximate surface area is 131 Å². The lowest BCUT2D eigenvalue weighted by molar-refractivity contribution is 0.0936. The zero-order valence-electron chi connectivity index (χ0n) is 13.5. The summed E-state index contributed by atoms with van der Waals surface area (Å²) in [7, 11) is 0. The molecule has 0 aliphatic heterocycles. The molecule has 0 fully saturated rings. The van der Waals surface area contributed by atoms with Crippen molar-refractivity contribution in [2.75, 3.05) is 6.61 Å². The minimum absolute atomic E-state index is 0.0632. The van der Waals surface area contributed by atoms with Crippen LogP contribution in [0.4, 0.5) is 0 Å². The molecule has 0 saturated carbocycles. The third kappa shape index (κ3) is 3.77. The van der Waals surface area contributed by atoms with E-state index < -0.39 is 0 Å². The van der Waals surface area contributed by atoms with Gasteiger partial charge in [-0.05, 0) is 70.0 Å². The normalized spacial score (nSPS) is 12.2. The van der Waals surface area contributed by atoms with Crippen LogP contribution in [0.25, 0.3) is 5.69 Å². The van der Waals surface area contributed by atoms with Gasteiger partial charge in [0.15, 0.2) is 0 Å². The van der Waals surface area contributed by atoms with Gasteiger partial charge < -0.3 is 15.0 Å². The molecule has 2 N–H and O–H groups in total. The molecule has 0 bridgehead atoms. The molecule has 118 valence electrons. The first kappa shape index (κ1) is 16.3. The Balaban J connectivity index is 2.07. The van der Waals surface area contributed by atoms with Crippen LogP contribution in [0.5, 0.6) is 0 Å². The second kappa shape index (κ2) is 7.27. The first-order valence-electron chi connectivity index (χ1n) is 7.70. The van der Waals surface area contributed by atoms with Gasteiger partial charge in [0, 0.05) is 35.3 Å². The van der Waals surface area contributed by atoms with Crippen molar-refractivity contribution < 1.29 is 9.90 Å². The molecule has 2 aromatic rings. The largest absolute Gasteiger partial charge is 0.396 e. The van der Waals surface area contributed by atoms with Crippen LogP contribution in [0.3, 0.4) is 0 Å². The van der Waals surface area contributed by atoms with Crippen molar-refractivity contribution in [2.24, 2.45) is 0 Å². The number of rotatable bonds is 6. The molecule has 4 heteroatoms. The number of carbonyl (C=O) groups is 1. The quantitative estimate of drug-likeness (QED) is 0.861.